The molecule has 0 bridgehead atoms. The van der Waals surface area contributed by atoms with E-state index in [1.165, 1.54) is 6.20 Å². The molecule has 0 aliphatic heterocycles. The molecule has 0 unspecified atom stereocenters. The third-order valence-corrected chi connectivity index (χ3v) is 2.18. The number of aromatic nitrogens is 2. The fourth-order valence-electron chi connectivity index (χ4n) is 1.41. The van der Waals surface area contributed by atoms with Crippen LogP contribution in [0.5, 0.6) is 0 Å². The number of rotatable bonds is 5. The lowest BCUT2D eigenvalue weighted by Crippen LogP contribution is -2.29. The van der Waals surface area contributed by atoms with E-state index in [4.69, 9.17) is 16.9 Å². The molecule has 0 spiro atoms. The number of hydrogen-bond donors (Lipinski definition) is 0. The van der Waals surface area contributed by atoms with Gasteiger partial charge in [0.15, 0.2) is 0 Å². The highest BCUT2D eigenvalue weighted by Crippen LogP contribution is 2.14. The predicted octanol–water partition coefficient (Wildman–Crippen LogP) is 2.51. The maximum absolute atomic E-state index is 8.61. The Morgan fingerprint density at radius 3 is 2.81 bits per heavy atom. The lowest BCUT2D eigenvalue weighted by molar-refractivity contribution is 0.607. The molecule has 0 aliphatic rings. The normalized spacial score (nSPS) is 10.2. The fourth-order valence-corrected chi connectivity index (χ4v) is 1.55. The average Bonchev–Trinajstić information content (AvgIpc) is 2.23. The quantitative estimate of drug-likeness (QED) is 0.791. The van der Waals surface area contributed by atoms with Gasteiger partial charge in [0.25, 0.3) is 0 Å². The van der Waals surface area contributed by atoms with Gasteiger partial charge in [0.05, 0.1) is 24.9 Å². The first kappa shape index (κ1) is 12.7. The van der Waals surface area contributed by atoms with Gasteiger partial charge in [-0.1, -0.05) is 25.4 Å². The Labute approximate surface area is 101 Å². The Kier molecular flexibility index (Phi) is 5.00. The molecule has 0 saturated carbocycles. The highest BCUT2D eigenvalue weighted by Gasteiger charge is 2.10. The van der Waals surface area contributed by atoms with Gasteiger partial charge in [-0.25, -0.2) is 4.98 Å². The van der Waals surface area contributed by atoms with Gasteiger partial charge in [-0.2, -0.15) is 5.26 Å². The van der Waals surface area contributed by atoms with Gasteiger partial charge in [0.2, 0.25) is 0 Å². The number of halogens is 1. The van der Waals surface area contributed by atoms with Crippen LogP contribution in [0.15, 0.2) is 12.4 Å². The minimum atomic E-state index is 0.378. The molecule has 5 heteroatoms. The molecule has 16 heavy (non-hydrogen) atoms. The van der Waals surface area contributed by atoms with Crippen molar-refractivity contribution in [2.24, 2.45) is 5.92 Å². The van der Waals surface area contributed by atoms with Crippen molar-refractivity contribution in [3.05, 3.63) is 17.5 Å². The van der Waals surface area contributed by atoms with Crippen LogP contribution in [0.4, 0.5) is 5.82 Å². The zero-order valence-corrected chi connectivity index (χ0v) is 10.3. The van der Waals surface area contributed by atoms with Gasteiger partial charge in [-0.15, -0.1) is 0 Å². The predicted molar refractivity (Wildman–Crippen MR) is 64.3 cm³/mol. The van der Waals surface area contributed by atoms with Crippen molar-refractivity contribution in [1.82, 2.24) is 9.97 Å². The van der Waals surface area contributed by atoms with Crippen molar-refractivity contribution in [2.45, 2.75) is 20.3 Å². The monoisotopic (exact) mass is 238 g/mol. The minimum absolute atomic E-state index is 0.378. The summed E-state index contributed by atoms with van der Waals surface area (Å²) in [6.07, 6.45) is 3.65. The van der Waals surface area contributed by atoms with E-state index in [0.29, 0.717) is 24.0 Å². The molecule has 0 aliphatic carbocycles. The number of nitriles is 1. The smallest absolute Gasteiger partial charge is 0.149 e. The van der Waals surface area contributed by atoms with Crippen molar-refractivity contribution in [2.75, 3.05) is 18.0 Å². The third kappa shape index (κ3) is 4.03. The van der Waals surface area contributed by atoms with Gasteiger partial charge in [0.1, 0.15) is 11.0 Å². The molecule has 0 N–H and O–H groups in total. The summed E-state index contributed by atoms with van der Waals surface area (Å²) in [4.78, 5) is 10.2. The fraction of sp³-hybridized carbons (Fsp3) is 0.545. The summed E-state index contributed by atoms with van der Waals surface area (Å²) in [6.45, 7) is 5.75. The number of hydrogen-bond acceptors (Lipinski definition) is 4. The van der Waals surface area contributed by atoms with E-state index in [9.17, 15) is 0 Å². The van der Waals surface area contributed by atoms with Crippen LogP contribution < -0.4 is 4.90 Å². The molecule has 86 valence electrons. The lowest BCUT2D eigenvalue weighted by atomic mass is 10.2. The van der Waals surface area contributed by atoms with Crippen LogP contribution in [0.2, 0.25) is 5.15 Å². The summed E-state index contributed by atoms with van der Waals surface area (Å²) in [5, 5.41) is 8.99. The van der Waals surface area contributed by atoms with E-state index >= 15 is 0 Å². The molecule has 0 radical (unpaired) electrons. The van der Waals surface area contributed by atoms with E-state index in [1.54, 1.807) is 6.20 Å². The van der Waals surface area contributed by atoms with Crippen molar-refractivity contribution < 1.29 is 0 Å². The molecular weight excluding hydrogens is 224 g/mol. The van der Waals surface area contributed by atoms with Crippen LogP contribution in [-0.2, 0) is 0 Å². The van der Waals surface area contributed by atoms with E-state index in [2.05, 4.69) is 29.9 Å². The second-order valence-electron chi connectivity index (χ2n) is 3.95. The van der Waals surface area contributed by atoms with Crippen LogP contribution in [0.3, 0.4) is 0 Å². The molecule has 0 amide bonds. The van der Waals surface area contributed by atoms with Crippen LogP contribution in [-0.4, -0.2) is 23.1 Å². The molecule has 1 aromatic rings. The number of anilines is 1. The van der Waals surface area contributed by atoms with Crippen LogP contribution >= 0.6 is 11.6 Å². The molecule has 0 aromatic carbocycles. The average molecular weight is 239 g/mol. The SMILES string of the molecule is CC(C)CN(CCC#N)c1cncc(Cl)n1. The molecule has 1 aromatic heterocycles. The second kappa shape index (κ2) is 6.29. The van der Waals surface area contributed by atoms with Crippen molar-refractivity contribution in [3.63, 3.8) is 0 Å². The summed E-state index contributed by atoms with van der Waals surface area (Å²) < 4.78 is 0. The topological polar surface area (TPSA) is 52.8 Å². The summed E-state index contributed by atoms with van der Waals surface area (Å²) in [5.74, 6) is 1.23. The van der Waals surface area contributed by atoms with E-state index in [1.807, 2.05) is 4.90 Å². The van der Waals surface area contributed by atoms with Crippen LogP contribution in [0, 0.1) is 17.2 Å². The molecular formula is C11H15ClN4. The first-order valence-corrected chi connectivity index (χ1v) is 5.60. The van der Waals surface area contributed by atoms with Crippen molar-refractivity contribution in [1.29, 1.82) is 5.26 Å². The third-order valence-electron chi connectivity index (χ3n) is 2.00. The lowest BCUT2D eigenvalue weighted by Gasteiger charge is -2.24. The van der Waals surface area contributed by atoms with Gasteiger partial charge < -0.3 is 4.90 Å². The van der Waals surface area contributed by atoms with E-state index in [0.717, 1.165) is 12.4 Å². The molecule has 0 atom stereocenters. The van der Waals surface area contributed by atoms with Crippen LogP contribution in [0.25, 0.3) is 0 Å². The largest absolute Gasteiger partial charge is 0.354 e. The van der Waals surface area contributed by atoms with Crippen molar-refractivity contribution >= 4 is 17.4 Å². The molecule has 1 rings (SSSR count). The highest BCUT2D eigenvalue weighted by molar-refractivity contribution is 6.29. The van der Waals surface area contributed by atoms with Gasteiger partial charge in [-0.3, -0.25) is 4.98 Å². The first-order chi connectivity index (χ1) is 7.63. The van der Waals surface area contributed by atoms with Gasteiger partial charge >= 0.3 is 0 Å². The Bertz CT molecular complexity index is 372. The maximum Gasteiger partial charge on any atom is 0.149 e. The molecule has 4 nitrogen and oxygen atoms in total. The summed E-state index contributed by atoms with van der Waals surface area (Å²) >= 11 is 5.79. The standard InChI is InChI=1S/C11H15ClN4/c1-9(2)8-16(5-3-4-13)11-7-14-6-10(12)15-11/h6-7,9H,3,5,8H2,1-2H3. The second-order valence-corrected chi connectivity index (χ2v) is 4.34. The Morgan fingerprint density at radius 1 is 1.50 bits per heavy atom. The summed E-state index contributed by atoms with van der Waals surface area (Å²) in [7, 11) is 0. The summed E-state index contributed by atoms with van der Waals surface area (Å²) in [6, 6.07) is 2.13. The Balaban J connectivity index is 2.79. The molecule has 1 heterocycles. The summed E-state index contributed by atoms with van der Waals surface area (Å²) in [5.41, 5.74) is 0. The van der Waals surface area contributed by atoms with Gasteiger partial charge in [0, 0.05) is 13.1 Å². The van der Waals surface area contributed by atoms with Gasteiger partial charge in [-0.05, 0) is 5.92 Å². The van der Waals surface area contributed by atoms with E-state index < -0.39 is 0 Å². The Morgan fingerprint density at radius 2 is 2.25 bits per heavy atom. The highest BCUT2D eigenvalue weighted by atomic mass is 35.5. The van der Waals surface area contributed by atoms with Crippen molar-refractivity contribution in [3.8, 4) is 6.07 Å². The van der Waals surface area contributed by atoms with E-state index in [-0.39, 0.29) is 0 Å². The van der Waals surface area contributed by atoms with Crippen LogP contribution in [0.1, 0.15) is 20.3 Å². The zero-order valence-electron chi connectivity index (χ0n) is 9.52. The molecule has 0 saturated heterocycles. The number of nitrogens with zero attached hydrogens (tertiary/aromatic N) is 4. The molecule has 0 fully saturated rings. The Hall–Kier alpha value is -1.34. The zero-order chi connectivity index (χ0) is 12.0. The maximum atomic E-state index is 8.61. The minimum Gasteiger partial charge on any atom is -0.354 e. The first-order valence-electron chi connectivity index (χ1n) is 5.23.